The van der Waals surface area contributed by atoms with Crippen molar-refractivity contribution in [1.82, 2.24) is 4.98 Å². The molecule has 1 heterocycles. The molecule has 3 nitrogen and oxygen atoms in total. The number of carbonyl (C=O) groups excluding carboxylic acids is 1. The number of halogens is 4. The number of benzene rings is 1. The minimum absolute atomic E-state index is 0.0844. The first kappa shape index (κ1) is 13.9. The van der Waals surface area contributed by atoms with Crippen molar-refractivity contribution in [2.45, 2.75) is 0 Å². The van der Waals surface area contributed by atoms with Crippen LogP contribution in [-0.2, 0) is 0 Å². The summed E-state index contributed by atoms with van der Waals surface area (Å²) in [5.74, 6) is 0.286. The van der Waals surface area contributed by atoms with E-state index in [1.54, 1.807) is 0 Å². The Morgan fingerprint density at radius 1 is 1.11 bits per heavy atom. The van der Waals surface area contributed by atoms with Crippen molar-refractivity contribution in [3.63, 3.8) is 0 Å². The van der Waals surface area contributed by atoms with E-state index in [9.17, 15) is 4.79 Å². The van der Waals surface area contributed by atoms with Gasteiger partial charge in [-0.25, -0.2) is 0 Å². The zero-order valence-electron chi connectivity index (χ0n) is 8.42. The van der Waals surface area contributed by atoms with E-state index in [2.05, 4.69) is 4.98 Å². The Hall–Kier alpha value is -0.520. The minimum atomic E-state index is 0.0844. The number of aldehydes is 1. The number of ether oxygens (including phenoxy) is 1. The standard InChI is InChI=1S/C10H3Cl4NO2S/c11-4-1-6(13)7(2-5(4)12)17-10-15-9(14)8(3-16)18-10/h1-3H. The molecule has 94 valence electrons. The van der Waals surface area contributed by atoms with Gasteiger partial charge in [-0.05, 0) is 6.07 Å². The fourth-order valence-electron chi connectivity index (χ4n) is 1.09. The molecule has 0 fully saturated rings. The van der Waals surface area contributed by atoms with E-state index < -0.39 is 0 Å². The zero-order chi connectivity index (χ0) is 13.3. The smallest absolute Gasteiger partial charge is 0.280 e. The Bertz CT molecular complexity index is 614. The molecule has 0 radical (unpaired) electrons. The molecule has 8 heteroatoms. The van der Waals surface area contributed by atoms with Crippen molar-refractivity contribution in [2.24, 2.45) is 0 Å². The Balaban J connectivity index is 2.33. The molecule has 2 rings (SSSR count). The first-order valence-corrected chi connectivity index (χ1v) is 6.78. The lowest BCUT2D eigenvalue weighted by atomic mass is 10.3. The van der Waals surface area contributed by atoms with Crippen LogP contribution in [0.25, 0.3) is 0 Å². The molecule has 1 aromatic carbocycles. The monoisotopic (exact) mass is 341 g/mol. The molecular weight excluding hydrogens is 340 g/mol. The molecule has 0 saturated heterocycles. The van der Waals surface area contributed by atoms with Gasteiger partial charge in [0.05, 0.1) is 15.1 Å². The SMILES string of the molecule is O=Cc1sc(Oc2cc(Cl)c(Cl)cc2Cl)nc1Cl. The Kier molecular flexibility index (Phi) is 4.35. The number of carbonyl (C=O) groups is 1. The molecule has 0 saturated carbocycles. The molecular formula is C10H3Cl4NO2S. The highest BCUT2D eigenvalue weighted by atomic mass is 35.5. The quantitative estimate of drug-likeness (QED) is 0.556. The van der Waals surface area contributed by atoms with Crippen LogP contribution in [0, 0.1) is 0 Å². The van der Waals surface area contributed by atoms with Gasteiger partial charge in [0.15, 0.2) is 17.2 Å². The topological polar surface area (TPSA) is 39.2 Å². The summed E-state index contributed by atoms with van der Waals surface area (Å²) in [6, 6.07) is 2.92. The van der Waals surface area contributed by atoms with E-state index in [0.29, 0.717) is 16.3 Å². The maximum Gasteiger partial charge on any atom is 0.280 e. The van der Waals surface area contributed by atoms with Crippen LogP contribution in [0.3, 0.4) is 0 Å². The van der Waals surface area contributed by atoms with Crippen LogP contribution in [0.5, 0.6) is 10.9 Å². The normalized spacial score (nSPS) is 10.4. The van der Waals surface area contributed by atoms with Crippen LogP contribution < -0.4 is 4.74 Å². The highest BCUT2D eigenvalue weighted by molar-refractivity contribution is 7.15. The molecule has 2 aromatic rings. The number of hydrogen-bond acceptors (Lipinski definition) is 4. The van der Waals surface area contributed by atoms with E-state index in [4.69, 9.17) is 51.1 Å². The van der Waals surface area contributed by atoms with Crippen molar-refractivity contribution in [3.05, 3.63) is 37.2 Å². The molecule has 0 spiro atoms. The van der Waals surface area contributed by atoms with Gasteiger partial charge in [-0.15, -0.1) is 0 Å². The second kappa shape index (κ2) is 5.63. The Labute approximate surface area is 126 Å². The molecule has 0 aliphatic heterocycles. The molecule has 0 aliphatic rings. The molecule has 0 atom stereocenters. The highest BCUT2D eigenvalue weighted by Crippen LogP contribution is 2.38. The van der Waals surface area contributed by atoms with E-state index in [-0.39, 0.29) is 26.0 Å². The maximum absolute atomic E-state index is 10.6. The fraction of sp³-hybridized carbons (Fsp3) is 0. The lowest BCUT2D eigenvalue weighted by molar-refractivity contribution is 0.112. The summed E-state index contributed by atoms with van der Waals surface area (Å²) >= 11 is 24.3. The van der Waals surface area contributed by atoms with Crippen LogP contribution in [-0.4, -0.2) is 11.3 Å². The third-order valence-corrected chi connectivity index (χ3v) is 4.15. The van der Waals surface area contributed by atoms with Crippen LogP contribution in [0.1, 0.15) is 9.67 Å². The molecule has 1 aromatic heterocycles. The molecule has 0 amide bonds. The first-order chi connectivity index (χ1) is 8.51. The van der Waals surface area contributed by atoms with Gasteiger partial charge in [-0.1, -0.05) is 57.7 Å². The summed E-state index contributed by atoms with van der Waals surface area (Å²) < 4.78 is 5.40. The van der Waals surface area contributed by atoms with Gasteiger partial charge < -0.3 is 4.74 Å². The highest BCUT2D eigenvalue weighted by Gasteiger charge is 2.13. The molecule has 0 aliphatic carbocycles. The van der Waals surface area contributed by atoms with Crippen LogP contribution in [0.2, 0.25) is 20.2 Å². The second-order valence-electron chi connectivity index (χ2n) is 3.05. The molecule has 0 bridgehead atoms. The molecule has 0 unspecified atom stereocenters. The van der Waals surface area contributed by atoms with E-state index >= 15 is 0 Å². The van der Waals surface area contributed by atoms with Gasteiger partial charge in [0.1, 0.15) is 4.88 Å². The van der Waals surface area contributed by atoms with Crippen molar-refractivity contribution < 1.29 is 9.53 Å². The summed E-state index contributed by atoms with van der Waals surface area (Å²) in [4.78, 5) is 14.8. The molecule has 0 N–H and O–H groups in total. The van der Waals surface area contributed by atoms with Crippen molar-refractivity contribution >= 4 is 64.0 Å². The van der Waals surface area contributed by atoms with Gasteiger partial charge in [0.25, 0.3) is 5.19 Å². The first-order valence-electron chi connectivity index (χ1n) is 4.45. The average molecular weight is 343 g/mol. The third kappa shape index (κ3) is 2.90. The van der Waals surface area contributed by atoms with Gasteiger partial charge in [0, 0.05) is 6.07 Å². The summed E-state index contributed by atoms with van der Waals surface area (Å²) in [7, 11) is 0. The van der Waals surface area contributed by atoms with Gasteiger partial charge in [-0.3, -0.25) is 4.79 Å². The second-order valence-corrected chi connectivity index (χ2v) is 5.62. The number of aromatic nitrogens is 1. The van der Waals surface area contributed by atoms with E-state index in [0.717, 1.165) is 11.3 Å². The van der Waals surface area contributed by atoms with Crippen LogP contribution in [0.15, 0.2) is 12.1 Å². The van der Waals surface area contributed by atoms with Crippen molar-refractivity contribution in [2.75, 3.05) is 0 Å². The summed E-state index contributed by atoms with van der Waals surface area (Å²) in [5, 5.41) is 1.18. The Morgan fingerprint density at radius 3 is 2.39 bits per heavy atom. The maximum atomic E-state index is 10.6. The average Bonchev–Trinajstić information content (AvgIpc) is 2.66. The number of hydrogen-bond donors (Lipinski definition) is 0. The van der Waals surface area contributed by atoms with Crippen LogP contribution in [0.4, 0.5) is 0 Å². The van der Waals surface area contributed by atoms with Gasteiger partial charge >= 0.3 is 0 Å². The largest absolute Gasteiger partial charge is 0.429 e. The number of thiazole rings is 1. The van der Waals surface area contributed by atoms with Gasteiger partial charge in [0.2, 0.25) is 0 Å². The lowest BCUT2D eigenvalue weighted by Crippen LogP contribution is -1.85. The predicted octanol–water partition coefficient (Wildman–Crippen LogP) is 5.36. The summed E-state index contributed by atoms with van der Waals surface area (Å²) in [6.45, 7) is 0. The Morgan fingerprint density at radius 2 is 1.78 bits per heavy atom. The zero-order valence-corrected chi connectivity index (χ0v) is 12.3. The van der Waals surface area contributed by atoms with E-state index in [1.807, 2.05) is 0 Å². The van der Waals surface area contributed by atoms with E-state index in [1.165, 1.54) is 12.1 Å². The van der Waals surface area contributed by atoms with Crippen LogP contribution >= 0.6 is 57.7 Å². The lowest BCUT2D eigenvalue weighted by Gasteiger charge is -2.05. The van der Waals surface area contributed by atoms with Crippen molar-refractivity contribution in [3.8, 4) is 10.9 Å². The number of nitrogens with zero attached hydrogens (tertiary/aromatic N) is 1. The molecule has 18 heavy (non-hydrogen) atoms. The minimum Gasteiger partial charge on any atom is -0.429 e. The fourth-order valence-corrected chi connectivity index (χ4v) is 2.58. The summed E-state index contributed by atoms with van der Waals surface area (Å²) in [5.41, 5.74) is 0. The van der Waals surface area contributed by atoms with Gasteiger partial charge in [-0.2, -0.15) is 4.98 Å². The summed E-state index contributed by atoms with van der Waals surface area (Å²) in [6.07, 6.45) is 0.601. The predicted molar refractivity (Wildman–Crippen MR) is 74.1 cm³/mol. The third-order valence-electron chi connectivity index (χ3n) is 1.87. The number of rotatable bonds is 3. The van der Waals surface area contributed by atoms with Crippen molar-refractivity contribution in [1.29, 1.82) is 0 Å².